The lowest BCUT2D eigenvalue weighted by Crippen LogP contribution is -2.41. The maximum Gasteiger partial charge on any atom is 0.252 e. The molecule has 2 rings (SSSR count). The fraction of sp³-hybridized carbons (Fsp3) is 0.643. The van der Waals surface area contributed by atoms with Gasteiger partial charge in [-0.25, -0.2) is 8.42 Å². The van der Waals surface area contributed by atoms with Crippen LogP contribution in [0.2, 0.25) is 4.34 Å². The monoisotopic (exact) mass is 431 g/mol. The van der Waals surface area contributed by atoms with Crippen molar-refractivity contribution in [3.63, 3.8) is 0 Å². The van der Waals surface area contributed by atoms with Crippen LogP contribution in [0.5, 0.6) is 0 Å². The number of hydrogen-bond donors (Lipinski definition) is 1. The Labute approximate surface area is 163 Å². The van der Waals surface area contributed by atoms with Crippen LogP contribution in [-0.2, 0) is 19.6 Å². The fourth-order valence-corrected chi connectivity index (χ4v) is 5.54. The van der Waals surface area contributed by atoms with Crippen molar-refractivity contribution in [2.45, 2.75) is 10.6 Å². The first-order valence-electron chi connectivity index (χ1n) is 7.68. The van der Waals surface area contributed by atoms with Crippen molar-refractivity contribution in [1.29, 1.82) is 0 Å². The molecule has 1 aromatic heterocycles. The average Bonchev–Trinajstić information content (AvgIpc) is 2.84. The van der Waals surface area contributed by atoms with Gasteiger partial charge in [0.1, 0.15) is 4.21 Å². The largest absolute Gasteiger partial charge is 0.383 e. The number of carbonyl (C=O) groups excluding carboxylic acids is 1. The summed E-state index contributed by atoms with van der Waals surface area (Å²) in [6.07, 6.45) is 0.613. The summed E-state index contributed by atoms with van der Waals surface area (Å²) in [5, 5.41) is 3.01. The number of ether oxygens (including phenoxy) is 1. The van der Waals surface area contributed by atoms with Crippen LogP contribution in [0.1, 0.15) is 6.42 Å². The molecule has 0 radical (unpaired) electrons. The second-order valence-electron chi connectivity index (χ2n) is 5.37. The van der Waals surface area contributed by atoms with Gasteiger partial charge in [-0.2, -0.15) is 4.31 Å². The van der Waals surface area contributed by atoms with Crippen molar-refractivity contribution in [2.75, 3.05) is 53.0 Å². The highest BCUT2D eigenvalue weighted by atomic mass is 35.5. The highest BCUT2D eigenvalue weighted by molar-refractivity contribution is 7.91. The van der Waals surface area contributed by atoms with Gasteiger partial charge in [0.25, 0.3) is 10.0 Å². The quantitative estimate of drug-likeness (QED) is 0.657. The van der Waals surface area contributed by atoms with Gasteiger partial charge in [-0.05, 0) is 18.6 Å². The summed E-state index contributed by atoms with van der Waals surface area (Å²) in [6.45, 7) is 3.03. The molecule has 1 aliphatic rings. The van der Waals surface area contributed by atoms with E-state index < -0.39 is 10.0 Å². The topological polar surface area (TPSA) is 79.0 Å². The van der Waals surface area contributed by atoms with E-state index in [0.29, 0.717) is 50.1 Å². The standard InChI is InChI=1S/C14H22ClN3O4S2.ClH/c1-22-10-5-16-11-13(19)17-6-2-7-18(9-8-17)24(20,21)14-4-3-12(15)23-14;/h3-4,16H,2,5-11H2,1H3;1H. The third-order valence-electron chi connectivity index (χ3n) is 3.71. The van der Waals surface area contributed by atoms with E-state index in [-0.39, 0.29) is 29.1 Å². The number of halogens is 2. The molecule has 1 aliphatic heterocycles. The minimum atomic E-state index is -3.54. The van der Waals surface area contributed by atoms with Crippen LogP contribution < -0.4 is 5.32 Å². The van der Waals surface area contributed by atoms with Crippen molar-refractivity contribution in [1.82, 2.24) is 14.5 Å². The summed E-state index contributed by atoms with van der Waals surface area (Å²) in [4.78, 5) is 13.9. The van der Waals surface area contributed by atoms with Gasteiger partial charge in [0.05, 0.1) is 17.5 Å². The lowest BCUT2D eigenvalue weighted by molar-refractivity contribution is -0.130. The second kappa shape index (κ2) is 10.7. The number of nitrogens with one attached hydrogen (secondary N) is 1. The van der Waals surface area contributed by atoms with Crippen LogP contribution in [-0.4, -0.2) is 76.5 Å². The zero-order valence-electron chi connectivity index (χ0n) is 13.9. The molecule has 7 nitrogen and oxygen atoms in total. The maximum atomic E-state index is 12.6. The number of nitrogens with zero attached hydrogens (tertiary/aromatic N) is 2. The first-order valence-corrected chi connectivity index (χ1v) is 10.3. The molecule has 1 fully saturated rings. The number of amides is 1. The smallest absolute Gasteiger partial charge is 0.252 e. The van der Waals surface area contributed by atoms with Gasteiger partial charge >= 0.3 is 0 Å². The van der Waals surface area contributed by atoms with Gasteiger partial charge in [-0.3, -0.25) is 4.79 Å². The van der Waals surface area contributed by atoms with Crippen LogP contribution >= 0.6 is 35.3 Å². The Morgan fingerprint density at radius 3 is 2.72 bits per heavy atom. The third-order valence-corrected chi connectivity index (χ3v) is 7.31. The first-order chi connectivity index (χ1) is 11.4. The minimum absolute atomic E-state index is 0. The lowest BCUT2D eigenvalue weighted by Gasteiger charge is -2.21. The second-order valence-corrected chi connectivity index (χ2v) is 9.25. The molecule has 144 valence electrons. The maximum absolute atomic E-state index is 12.6. The van der Waals surface area contributed by atoms with Crippen molar-refractivity contribution < 1.29 is 17.9 Å². The highest BCUT2D eigenvalue weighted by Crippen LogP contribution is 2.28. The summed E-state index contributed by atoms with van der Waals surface area (Å²) >= 11 is 6.89. The van der Waals surface area contributed by atoms with E-state index in [1.807, 2.05) is 0 Å². The van der Waals surface area contributed by atoms with Gasteiger partial charge in [0, 0.05) is 39.8 Å². The van der Waals surface area contributed by atoms with Crippen molar-refractivity contribution in [3.8, 4) is 0 Å². The lowest BCUT2D eigenvalue weighted by atomic mass is 10.4. The van der Waals surface area contributed by atoms with Crippen molar-refractivity contribution in [2.24, 2.45) is 0 Å². The van der Waals surface area contributed by atoms with Gasteiger partial charge in [0.2, 0.25) is 5.91 Å². The predicted octanol–water partition coefficient (Wildman–Crippen LogP) is 1.28. The summed E-state index contributed by atoms with van der Waals surface area (Å²) in [6, 6.07) is 3.11. The summed E-state index contributed by atoms with van der Waals surface area (Å²) in [5.41, 5.74) is 0. The minimum Gasteiger partial charge on any atom is -0.383 e. The highest BCUT2D eigenvalue weighted by Gasteiger charge is 2.29. The molecule has 1 saturated heterocycles. The summed E-state index contributed by atoms with van der Waals surface area (Å²) < 4.78 is 32.3. The Hall–Kier alpha value is -0.420. The molecule has 1 N–H and O–H groups in total. The van der Waals surface area contributed by atoms with E-state index in [2.05, 4.69) is 5.32 Å². The first kappa shape index (κ1) is 22.6. The van der Waals surface area contributed by atoms with E-state index in [9.17, 15) is 13.2 Å². The molecule has 1 amide bonds. The van der Waals surface area contributed by atoms with Gasteiger partial charge in [-0.1, -0.05) is 11.6 Å². The number of rotatable bonds is 7. The summed E-state index contributed by atoms with van der Waals surface area (Å²) in [5.74, 6) is -0.0236. The Kier molecular flexibility index (Phi) is 9.65. The van der Waals surface area contributed by atoms with Crippen LogP contribution in [0.4, 0.5) is 0 Å². The Bertz CT molecular complexity index is 654. The molecule has 0 saturated carbocycles. The number of methoxy groups -OCH3 is 1. The normalized spacial score (nSPS) is 16.3. The molecular weight excluding hydrogens is 409 g/mol. The molecule has 0 bridgehead atoms. The Morgan fingerprint density at radius 1 is 1.32 bits per heavy atom. The van der Waals surface area contributed by atoms with E-state index in [1.165, 1.54) is 10.4 Å². The number of sulfonamides is 1. The van der Waals surface area contributed by atoms with E-state index in [0.717, 1.165) is 11.3 Å². The molecular formula is C14H23Cl2N3O4S2. The van der Waals surface area contributed by atoms with E-state index in [4.69, 9.17) is 16.3 Å². The molecule has 0 unspecified atom stereocenters. The number of hydrogen-bond acceptors (Lipinski definition) is 6. The third kappa shape index (κ3) is 6.35. The SMILES string of the molecule is COCCNCC(=O)N1CCCN(S(=O)(=O)c2ccc(Cl)s2)CC1.Cl. The van der Waals surface area contributed by atoms with Crippen LogP contribution in [0.25, 0.3) is 0 Å². The van der Waals surface area contributed by atoms with Gasteiger partial charge in [-0.15, -0.1) is 23.7 Å². The molecule has 0 aliphatic carbocycles. The molecule has 2 heterocycles. The number of thiophene rings is 1. The van der Waals surface area contributed by atoms with Crippen LogP contribution in [0, 0.1) is 0 Å². The van der Waals surface area contributed by atoms with Gasteiger partial charge < -0.3 is 15.0 Å². The number of carbonyl (C=O) groups is 1. The van der Waals surface area contributed by atoms with Crippen LogP contribution in [0.3, 0.4) is 0 Å². The predicted molar refractivity (Wildman–Crippen MR) is 101 cm³/mol. The van der Waals surface area contributed by atoms with E-state index in [1.54, 1.807) is 18.1 Å². The van der Waals surface area contributed by atoms with Crippen molar-refractivity contribution >= 4 is 51.3 Å². The van der Waals surface area contributed by atoms with Crippen molar-refractivity contribution in [3.05, 3.63) is 16.5 Å². The summed E-state index contributed by atoms with van der Waals surface area (Å²) in [7, 11) is -1.94. The van der Waals surface area contributed by atoms with Crippen LogP contribution in [0.15, 0.2) is 16.3 Å². The Balaban J connectivity index is 0.00000312. The zero-order chi connectivity index (χ0) is 17.6. The molecule has 0 aromatic carbocycles. The molecule has 1 aromatic rings. The Morgan fingerprint density at radius 2 is 2.08 bits per heavy atom. The average molecular weight is 432 g/mol. The fourth-order valence-electron chi connectivity index (χ4n) is 2.43. The molecule has 0 atom stereocenters. The van der Waals surface area contributed by atoms with Gasteiger partial charge in [0.15, 0.2) is 0 Å². The molecule has 25 heavy (non-hydrogen) atoms. The zero-order valence-corrected chi connectivity index (χ0v) is 17.1. The van der Waals surface area contributed by atoms with E-state index >= 15 is 0 Å². The molecule has 0 spiro atoms. The molecule has 11 heteroatoms.